The van der Waals surface area contributed by atoms with Crippen molar-refractivity contribution in [2.45, 2.75) is 13.0 Å². The van der Waals surface area contributed by atoms with Crippen molar-refractivity contribution in [3.8, 4) is 0 Å². The van der Waals surface area contributed by atoms with Gasteiger partial charge in [0.05, 0.1) is 19.2 Å². The number of ether oxygens (including phenoxy) is 1. The van der Waals surface area contributed by atoms with Crippen molar-refractivity contribution in [2.75, 3.05) is 12.4 Å². The predicted molar refractivity (Wildman–Crippen MR) is 87.5 cm³/mol. The number of benzene rings is 2. The molecule has 0 bridgehead atoms. The third-order valence-electron chi connectivity index (χ3n) is 3.38. The number of hydrogen-bond donors (Lipinski definition) is 1. The van der Waals surface area contributed by atoms with Crippen molar-refractivity contribution >= 4 is 33.8 Å². The Morgan fingerprint density at radius 1 is 1.29 bits per heavy atom. The zero-order chi connectivity index (χ0) is 17.1. The third-order valence-corrected chi connectivity index (χ3v) is 4.31. The first kappa shape index (κ1) is 16.3. The quantitative estimate of drug-likeness (QED) is 0.705. The van der Waals surface area contributed by atoms with Crippen LogP contribution in [-0.4, -0.2) is 23.3 Å². The summed E-state index contributed by atoms with van der Waals surface area (Å²) in [6.07, 6.45) is -2.62. The number of hydrogen-bond acceptors (Lipinski definition) is 6. The molecule has 0 radical (unpaired) electrons. The van der Waals surface area contributed by atoms with Crippen LogP contribution in [0.1, 0.15) is 26.8 Å². The largest absolute Gasteiger partial charge is 0.465 e. The summed E-state index contributed by atoms with van der Waals surface area (Å²) in [6.45, 7) is 0.239. The zero-order valence-corrected chi connectivity index (χ0v) is 13.4. The van der Waals surface area contributed by atoms with Crippen molar-refractivity contribution in [1.82, 2.24) is 10.2 Å². The van der Waals surface area contributed by atoms with E-state index < -0.39 is 12.4 Å². The van der Waals surface area contributed by atoms with Crippen LogP contribution < -0.4 is 5.32 Å². The Hall–Kier alpha value is -2.61. The van der Waals surface area contributed by atoms with Gasteiger partial charge in [0, 0.05) is 5.69 Å². The molecular weight excluding hydrogens is 336 g/mol. The maximum atomic E-state index is 12.5. The lowest BCUT2D eigenvalue weighted by molar-refractivity contribution is 0.0603. The second-order valence-corrected chi connectivity index (χ2v) is 6.02. The van der Waals surface area contributed by atoms with Crippen LogP contribution in [0.3, 0.4) is 0 Å². The molecule has 0 spiro atoms. The molecule has 3 aromatic rings. The van der Waals surface area contributed by atoms with Gasteiger partial charge in [-0.15, -0.1) is 10.2 Å². The van der Waals surface area contributed by atoms with E-state index in [0.29, 0.717) is 16.3 Å². The number of fused-ring (bicyclic) bond motifs is 1. The Bertz CT molecular complexity index is 883. The fourth-order valence-electron chi connectivity index (χ4n) is 2.30. The van der Waals surface area contributed by atoms with E-state index in [0.717, 1.165) is 22.1 Å². The van der Waals surface area contributed by atoms with E-state index in [4.69, 9.17) is 4.74 Å². The molecule has 1 heterocycles. The van der Waals surface area contributed by atoms with Gasteiger partial charge >= 0.3 is 5.97 Å². The molecule has 0 amide bonds. The first-order valence-electron chi connectivity index (χ1n) is 7.04. The molecule has 0 fully saturated rings. The molecule has 0 aliphatic rings. The number of aromatic nitrogens is 2. The van der Waals surface area contributed by atoms with E-state index in [-0.39, 0.29) is 11.6 Å². The molecule has 0 saturated heterocycles. The van der Waals surface area contributed by atoms with Crippen LogP contribution in [0.15, 0.2) is 36.4 Å². The third kappa shape index (κ3) is 3.33. The molecule has 0 saturated carbocycles. The summed E-state index contributed by atoms with van der Waals surface area (Å²) < 4.78 is 29.9. The number of halogens is 2. The molecule has 124 valence electrons. The lowest BCUT2D eigenvalue weighted by atomic mass is 10.0. The summed E-state index contributed by atoms with van der Waals surface area (Å²) in [6, 6.07) is 11.0. The van der Waals surface area contributed by atoms with Crippen LogP contribution in [0.25, 0.3) is 10.8 Å². The van der Waals surface area contributed by atoms with E-state index in [1.54, 1.807) is 6.07 Å². The van der Waals surface area contributed by atoms with Crippen LogP contribution >= 0.6 is 11.3 Å². The maximum Gasteiger partial charge on any atom is 0.338 e. The van der Waals surface area contributed by atoms with Gasteiger partial charge in [-0.1, -0.05) is 35.6 Å². The Balaban J connectivity index is 1.87. The van der Waals surface area contributed by atoms with Gasteiger partial charge in [0.15, 0.2) is 5.01 Å². The molecule has 0 unspecified atom stereocenters. The van der Waals surface area contributed by atoms with Gasteiger partial charge in [0.2, 0.25) is 0 Å². The number of nitrogens with zero attached hydrogens (tertiary/aromatic N) is 2. The standard InChI is InChI=1S/C16H13F2N3O2S/c1-23-16(22)12-7-10(6-9-4-2-3-5-11(9)12)19-8-13-20-21-15(24-13)14(17)18/h2-7,14,19H,8H2,1H3. The molecule has 0 atom stereocenters. The second-order valence-electron chi connectivity index (χ2n) is 4.92. The van der Waals surface area contributed by atoms with Crippen LogP contribution in [-0.2, 0) is 11.3 Å². The predicted octanol–water partition coefficient (Wildman–Crippen LogP) is 4.03. The highest BCUT2D eigenvalue weighted by atomic mass is 32.1. The first-order valence-corrected chi connectivity index (χ1v) is 7.85. The number of anilines is 1. The van der Waals surface area contributed by atoms with E-state index in [1.165, 1.54) is 7.11 Å². The normalized spacial score (nSPS) is 11.0. The Labute approximate surface area is 140 Å². The number of methoxy groups -OCH3 is 1. The number of alkyl halides is 2. The second kappa shape index (κ2) is 6.88. The Morgan fingerprint density at radius 3 is 2.79 bits per heavy atom. The minimum atomic E-state index is -2.62. The Kier molecular flexibility index (Phi) is 4.66. The summed E-state index contributed by atoms with van der Waals surface area (Å²) in [7, 11) is 1.32. The topological polar surface area (TPSA) is 64.1 Å². The van der Waals surface area contributed by atoms with Crippen molar-refractivity contribution < 1.29 is 18.3 Å². The van der Waals surface area contributed by atoms with Gasteiger partial charge in [-0.05, 0) is 22.9 Å². The smallest absolute Gasteiger partial charge is 0.338 e. The number of carbonyl (C=O) groups excluding carboxylic acids is 1. The molecular formula is C16H13F2N3O2S. The minimum absolute atomic E-state index is 0.239. The van der Waals surface area contributed by atoms with Crippen LogP contribution in [0.5, 0.6) is 0 Å². The molecule has 24 heavy (non-hydrogen) atoms. The zero-order valence-electron chi connectivity index (χ0n) is 12.6. The van der Waals surface area contributed by atoms with Gasteiger partial charge in [0.25, 0.3) is 6.43 Å². The van der Waals surface area contributed by atoms with E-state index in [9.17, 15) is 13.6 Å². The summed E-state index contributed by atoms with van der Waals surface area (Å²) in [5.74, 6) is -0.439. The van der Waals surface area contributed by atoms with E-state index >= 15 is 0 Å². The van der Waals surface area contributed by atoms with Gasteiger partial charge < -0.3 is 10.1 Å². The van der Waals surface area contributed by atoms with Gasteiger partial charge in [-0.3, -0.25) is 0 Å². The number of esters is 1. The SMILES string of the molecule is COC(=O)c1cc(NCc2nnc(C(F)F)s2)cc2ccccc12. The van der Waals surface area contributed by atoms with Gasteiger partial charge in [-0.2, -0.15) is 0 Å². The first-order chi connectivity index (χ1) is 11.6. The van der Waals surface area contributed by atoms with E-state index in [2.05, 4.69) is 15.5 Å². The molecule has 2 aromatic carbocycles. The highest BCUT2D eigenvalue weighted by Gasteiger charge is 2.15. The van der Waals surface area contributed by atoms with E-state index in [1.807, 2.05) is 30.3 Å². The van der Waals surface area contributed by atoms with Gasteiger partial charge in [0.1, 0.15) is 5.01 Å². The summed E-state index contributed by atoms with van der Waals surface area (Å²) in [5.41, 5.74) is 1.10. The average Bonchev–Trinajstić information content (AvgIpc) is 3.08. The lowest BCUT2D eigenvalue weighted by Crippen LogP contribution is -2.05. The molecule has 3 rings (SSSR count). The molecule has 8 heteroatoms. The minimum Gasteiger partial charge on any atom is -0.465 e. The molecule has 1 N–H and O–H groups in total. The van der Waals surface area contributed by atoms with Crippen LogP contribution in [0.2, 0.25) is 0 Å². The van der Waals surface area contributed by atoms with Crippen LogP contribution in [0, 0.1) is 0 Å². The number of carbonyl (C=O) groups is 1. The van der Waals surface area contributed by atoms with Crippen molar-refractivity contribution in [1.29, 1.82) is 0 Å². The maximum absolute atomic E-state index is 12.5. The molecule has 5 nitrogen and oxygen atoms in total. The lowest BCUT2D eigenvalue weighted by Gasteiger charge is -2.10. The van der Waals surface area contributed by atoms with Crippen molar-refractivity contribution in [3.05, 3.63) is 52.0 Å². The molecule has 0 aliphatic carbocycles. The highest BCUT2D eigenvalue weighted by Crippen LogP contribution is 2.26. The highest BCUT2D eigenvalue weighted by molar-refractivity contribution is 7.11. The summed E-state index contributed by atoms with van der Waals surface area (Å²) in [4.78, 5) is 12.0. The monoisotopic (exact) mass is 349 g/mol. The molecule has 0 aliphatic heterocycles. The van der Waals surface area contributed by atoms with Gasteiger partial charge in [-0.25, -0.2) is 13.6 Å². The fourth-order valence-corrected chi connectivity index (χ4v) is 2.93. The van der Waals surface area contributed by atoms with Crippen LogP contribution in [0.4, 0.5) is 14.5 Å². The summed E-state index contributed by atoms with van der Waals surface area (Å²) in [5, 5.41) is 12.0. The summed E-state index contributed by atoms with van der Waals surface area (Å²) >= 11 is 0.853. The number of rotatable bonds is 5. The fraction of sp³-hybridized carbons (Fsp3) is 0.188. The number of nitrogens with one attached hydrogen (secondary N) is 1. The van der Waals surface area contributed by atoms with Crippen molar-refractivity contribution in [3.63, 3.8) is 0 Å². The average molecular weight is 349 g/mol. The molecule has 1 aromatic heterocycles. The van der Waals surface area contributed by atoms with Crippen molar-refractivity contribution in [2.24, 2.45) is 0 Å². The Morgan fingerprint density at radius 2 is 2.08 bits per heavy atom.